The Labute approximate surface area is 159 Å². The Hall–Kier alpha value is -2.03. The highest BCUT2D eigenvalue weighted by Gasteiger charge is 2.43. The van der Waals surface area contributed by atoms with Crippen molar-refractivity contribution in [3.8, 4) is 0 Å². The number of rotatable bonds is 6. The molecular weight excluding hydrogens is 383 g/mol. The highest BCUT2D eigenvalue weighted by molar-refractivity contribution is 6.32. The molecule has 1 unspecified atom stereocenters. The Morgan fingerprint density at radius 2 is 2.07 bits per heavy atom. The minimum atomic E-state index is -4.66. The maximum absolute atomic E-state index is 13.2. The summed E-state index contributed by atoms with van der Waals surface area (Å²) in [5.74, 6) is -0.505. The summed E-state index contributed by atoms with van der Waals surface area (Å²) in [4.78, 5) is 12.5. The van der Waals surface area contributed by atoms with Crippen LogP contribution in [0.1, 0.15) is 61.3 Å². The predicted octanol–water partition coefficient (Wildman–Crippen LogP) is 3.83. The molecule has 1 fully saturated rings. The van der Waals surface area contributed by atoms with Crippen LogP contribution in [0.25, 0.3) is 0 Å². The van der Waals surface area contributed by atoms with E-state index in [2.05, 4.69) is 15.5 Å². The third-order valence-electron chi connectivity index (χ3n) is 4.69. The van der Waals surface area contributed by atoms with E-state index < -0.39 is 28.8 Å². The van der Waals surface area contributed by atoms with Crippen molar-refractivity contribution in [2.45, 2.75) is 64.8 Å². The lowest BCUT2D eigenvalue weighted by molar-refractivity contribution is -0.141. The quantitative estimate of drug-likeness (QED) is 0.797. The van der Waals surface area contributed by atoms with Gasteiger partial charge in [-0.2, -0.15) is 23.4 Å². The Kier molecular flexibility index (Phi) is 5.24. The van der Waals surface area contributed by atoms with Crippen molar-refractivity contribution in [2.75, 3.05) is 0 Å². The molecule has 10 heteroatoms. The molecule has 1 aliphatic carbocycles. The van der Waals surface area contributed by atoms with Crippen molar-refractivity contribution in [2.24, 2.45) is 0 Å². The molecule has 27 heavy (non-hydrogen) atoms. The van der Waals surface area contributed by atoms with Gasteiger partial charge in [-0.25, -0.2) is 0 Å². The van der Waals surface area contributed by atoms with Gasteiger partial charge >= 0.3 is 6.18 Å². The van der Waals surface area contributed by atoms with Gasteiger partial charge in [-0.15, -0.1) is 0 Å². The molecule has 2 heterocycles. The van der Waals surface area contributed by atoms with Crippen LogP contribution in [0.3, 0.4) is 0 Å². The van der Waals surface area contributed by atoms with Crippen molar-refractivity contribution in [1.82, 2.24) is 24.9 Å². The topological polar surface area (TPSA) is 64.7 Å². The Bertz CT molecular complexity index is 854. The number of nitrogens with one attached hydrogen (secondary N) is 1. The number of nitrogens with zero attached hydrogens (tertiary/aromatic N) is 4. The lowest BCUT2D eigenvalue weighted by Crippen LogP contribution is -2.32. The summed E-state index contributed by atoms with van der Waals surface area (Å²) in [5, 5.41) is 10.3. The molecule has 148 valence electrons. The molecule has 0 spiro atoms. The van der Waals surface area contributed by atoms with E-state index in [0.717, 1.165) is 28.8 Å². The van der Waals surface area contributed by atoms with Crippen LogP contribution in [0, 0.1) is 6.92 Å². The molecule has 1 atom stereocenters. The summed E-state index contributed by atoms with van der Waals surface area (Å²) in [5.41, 5.74) is 0.812. The van der Waals surface area contributed by atoms with Crippen LogP contribution in [0.5, 0.6) is 0 Å². The molecule has 1 saturated carbocycles. The van der Waals surface area contributed by atoms with Gasteiger partial charge in [0.05, 0.1) is 16.4 Å². The monoisotopic (exact) mass is 403 g/mol. The van der Waals surface area contributed by atoms with E-state index in [0.29, 0.717) is 12.2 Å². The molecule has 3 rings (SSSR count). The highest BCUT2D eigenvalue weighted by Crippen LogP contribution is 2.47. The van der Waals surface area contributed by atoms with E-state index in [-0.39, 0.29) is 12.5 Å². The maximum atomic E-state index is 13.2. The standard InChI is InChI=1S/C17H21ClF3N5O/c1-4-25-8-12(9(2)23-25)7-22-16(27)10(3)26-14(11-5-6-11)13(18)15(24-26)17(19,20)21/h8,10-11H,4-7H2,1-3H3,(H,22,27). The lowest BCUT2D eigenvalue weighted by Gasteiger charge is -2.15. The zero-order valence-electron chi connectivity index (χ0n) is 15.3. The molecule has 2 aromatic heterocycles. The number of halogens is 4. The molecule has 6 nitrogen and oxygen atoms in total. The fourth-order valence-corrected chi connectivity index (χ4v) is 3.35. The molecule has 2 aromatic rings. The average Bonchev–Trinajstić information content (AvgIpc) is 3.27. The highest BCUT2D eigenvalue weighted by atomic mass is 35.5. The number of amides is 1. The van der Waals surface area contributed by atoms with Gasteiger partial charge in [0, 0.05) is 30.8 Å². The van der Waals surface area contributed by atoms with E-state index in [1.807, 2.05) is 20.0 Å². The summed E-state index contributed by atoms with van der Waals surface area (Å²) in [6.45, 7) is 6.27. The SMILES string of the molecule is CCn1cc(CNC(=O)C(C)n2nc(C(F)(F)F)c(Cl)c2C2CC2)c(C)n1. The number of aromatic nitrogens is 4. The van der Waals surface area contributed by atoms with Gasteiger partial charge in [-0.3, -0.25) is 14.2 Å². The molecule has 1 amide bonds. The van der Waals surface area contributed by atoms with Gasteiger partial charge in [-0.1, -0.05) is 11.6 Å². The fourth-order valence-electron chi connectivity index (χ4n) is 2.96. The van der Waals surface area contributed by atoms with Crippen molar-refractivity contribution < 1.29 is 18.0 Å². The summed E-state index contributed by atoms with van der Waals surface area (Å²) >= 11 is 5.96. The van der Waals surface area contributed by atoms with Crippen LogP contribution in [-0.2, 0) is 24.1 Å². The zero-order chi connectivity index (χ0) is 19.9. The summed E-state index contributed by atoms with van der Waals surface area (Å²) in [6, 6.07) is -0.907. The number of carbonyl (C=O) groups excluding carboxylic acids is 1. The first kappa shape index (κ1) is 19.7. The first-order valence-corrected chi connectivity index (χ1v) is 9.17. The molecule has 1 N–H and O–H groups in total. The Morgan fingerprint density at radius 3 is 2.59 bits per heavy atom. The van der Waals surface area contributed by atoms with Crippen molar-refractivity contribution >= 4 is 17.5 Å². The number of aryl methyl sites for hydroxylation is 2. The van der Waals surface area contributed by atoms with Crippen molar-refractivity contribution in [1.29, 1.82) is 0 Å². The van der Waals surface area contributed by atoms with Crippen LogP contribution in [0.4, 0.5) is 13.2 Å². The minimum absolute atomic E-state index is 0.0821. The van der Waals surface area contributed by atoms with Crippen LogP contribution < -0.4 is 5.32 Å². The van der Waals surface area contributed by atoms with E-state index in [4.69, 9.17) is 11.6 Å². The van der Waals surface area contributed by atoms with Gasteiger partial charge in [0.15, 0.2) is 5.69 Å². The lowest BCUT2D eigenvalue weighted by atomic mass is 10.2. The summed E-state index contributed by atoms with van der Waals surface area (Å²) in [7, 11) is 0. The van der Waals surface area contributed by atoms with E-state index in [1.54, 1.807) is 4.68 Å². The second-order valence-corrected chi connectivity index (χ2v) is 7.13. The van der Waals surface area contributed by atoms with Gasteiger partial charge in [0.25, 0.3) is 0 Å². The fraction of sp³-hybridized carbons (Fsp3) is 0.588. The van der Waals surface area contributed by atoms with Crippen molar-refractivity contribution in [3.05, 3.63) is 33.9 Å². The van der Waals surface area contributed by atoms with Crippen molar-refractivity contribution in [3.63, 3.8) is 0 Å². The van der Waals surface area contributed by atoms with Gasteiger partial charge in [0.1, 0.15) is 6.04 Å². The molecule has 0 saturated heterocycles. The summed E-state index contributed by atoms with van der Waals surface area (Å²) in [6.07, 6.45) is -1.34. The molecule has 1 aliphatic rings. The van der Waals surface area contributed by atoms with Gasteiger partial charge in [0.2, 0.25) is 5.91 Å². The second kappa shape index (κ2) is 7.18. The van der Waals surface area contributed by atoms with Gasteiger partial charge < -0.3 is 5.32 Å². The second-order valence-electron chi connectivity index (χ2n) is 6.75. The average molecular weight is 404 g/mol. The molecule has 0 bridgehead atoms. The number of hydrogen-bond acceptors (Lipinski definition) is 3. The van der Waals surface area contributed by atoms with E-state index >= 15 is 0 Å². The van der Waals surface area contributed by atoms with Crippen LogP contribution in [0.2, 0.25) is 5.02 Å². The Balaban J connectivity index is 1.79. The van der Waals surface area contributed by atoms with Crippen LogP contribution in [-0.4, -0.2) is 25.5 Å². The first-order valence-electron chi connectivity index (χ1n) is 8.79. The number of carbonyl (C=O) groups is 1. The molecule has 0 radical (unpaired) electrons. The number of hydrogen-bond donors (Lipinski definition) is 1. The van der Waals surface area contributed by atoms with Crippen LogP contribution in [0.15, 0.2) is 6.20 Å². The third-order valence-corrected chi connectivity index (χ3v) is 5.06. The normalized spacial score (nSPS) is 15.8. The molecular formula is C17H21ClF3N5O. The van der Waals surface area contributed by atoms with Gasteiger partial charge in [-0.05, 0) is 33.6 Å². The minimum Gasteiger partial charge on any atom is -0.350 e. The van der Waals surface area contributed by atoms with Crippen LogP contribution >= 0.6 is 11.6 Å². The first-order chi connectivity index (χ1) is 12.6. The maximum Gasteiger partial charge on any atom is 0.436 e. The predicted molar refractivity (Wildman–Crippen MR) is 93.4 cm³/mol. The van der Waals surface area contributed by atoms with E-state index in [9.17, 15) is 18.0 Å². The molecule has 0 aromatic carbocycles. The summed E-state index contributed by atoms with van der Waals surface area (Å²) < 4.78 is 42.4. The zero-order valence-corrected chi connectivity index (χ0v) is 16.0. The van der Waals surface area contributed by atoms with E-state index in [1.165, 1.54) is 6.92 Å². The molecule has 0 aliphatic heterocycles. The largest absolute Gasteiger partial charge is 0.436 e. The third kappa shape index (κ3) is 3.97. The number of alkyl halides is 3. The Morgan fingerprint density at radius 1 is 1.41 bits per heavy atom. The smallest absolute Gasteiger partial charge is 0.350 e.